The molecule has 1 aliphatic carbocycles. The molecule has 3 rings (SSSR count). The Morgan fingerprint density at radius 3 is 2.62 bits per heavy atom. The Morgan fingerprint density at radius 1 is 1.29 bits per heavy atom. The summed E-state index contributed by atoms with van der Waals surface area (Å²) in [6.45, 7) is 3.09. The van der Waals surface area contributed by atoms with Gasteiger partial charge < -0.3 is 15.7 Å². The predicted octanol–water partition coefficient (Wildman–Crippen LogP) is 2.66. The van der Waals surface area contributed by atoms with Gasteiger partial charge in [0.1, 0.15) is 5.75 Å². The van der Waals surface area contributed by atoms with Crippen LogP contribution in [0.3, 0.4) is 0 Å². The van der Waals surface area contributed by atoms with Gasteiger partial charge in [-0.25, -0.2) is 0 Å². The molecule has 4 nitrogen and oxygen atoms in total. The van der Waals surface area contributed by atoms with Crippen molar-refractivity contribution in [2.24, 2.45) is 10.7 Å². The van der Waals surface area contributed by atoms with Crippen molar-refractivity contribution >= 4 is 5.96 Å². The lowest BCUT2D eigenvalue weighted by Gasteiger charge is -2.40. The Hall–Kier alpha value is -1.71. The van der Waals surface area contributed by atoms with Crippen LogP contribution in [-0.4, -0.2) is 34.1 Å². The van der Waals surface area contributed by atoms with Gasteiger partial charge in [0.2, 0.25) is 0 Å². The van der Waals surface area contributed by atoms with Gasteiger partial charge in [0.05, 0.1) is 12.1 Å². The van der Waals surface area contributed by atoms with Crippen LogP contribution >= 0.6 is 0 Å². The van der Waals surface area contributed by atoms with Crippen LogP contribution in [0.2, 0.25) is 0 Å². The molecular weight excluding hydrogens is 262 g/mol. The summed E-state index contributed by atoms with van der Waals surface area (Å²) in [6, 6.07) is 8.08. The molecule has 0 aromatic heterocycles. The summed E-state index contributed by atoms with van der Waals surface area (Å²) in [5.41, 5.74) is 7.46. The first kappa shape index (κ1) is 14.2. The Labute approximate surface area is 126 Å². The number of benzene rings is 1. The van der Waals surface area contributed by atoms with Gasteiger partial charge in [0.15, 0.2) is 5.96 Å². The highest BCUT2D eigenvalue weighted by Gasteiger charge is 2.42. The van der Waals surface area contributed by atoms with Crippen molar-refractivity contribution in [3.05, 3.63) is 29.8 Å². The molecule has 1 unspecified atom stereocenters. The average molecular weight is 287 g/mol. The number of phenolic OH excluding ortho intramolecular Hbond substituents is 1. The smallest absolute Gasteiger partial charge is 0.192 e. The lowest BCUT2D eigenvalue weighted by molar-refractivity contribution is 0.156. The van der Waals surface area contributed by atoms with Gasteiger partial charge in [-0.15, -0.1) is 0 Å². The fourth-order valence-corrected chi connectivity index (χ4v) is 3.75. The molecule has 0 spiro atoms. The molecule has 1 aromatic rings. The molecule has 114 valence electrons. The van der Waals surface area contributed by atoms with Crippen LogP contribution in [0.15, 0.2) is 29.3 Å². The zero-order valence-electron chi connectivity index (χ0n) is 12.8. The lowest BCUT2D eigenvalue weighted by Crippen LogP contribution is -2.54. The maximum atomic E-state index is 9.36. The maximum absolute atomic E-state index is 9.36. The molecule has 2 aliphatic rings. The fourth-order valence-electron chi connectivity index (χ4n) is 3.75. The van der Waals surface area contributed by atoms with Gasteiger partial charge in [0, 0.05) is 6.04 Å². The summed E-state index contributed by atoms with van der Waals surface area (Å²) in [5.74, 6) is 1.06. The van der Waals surface area contributed by atoms with Gasteiger partial charge in [0.25, 0.3) is 0 Å². The Balaban J connectivity index is 1.69. The van der Waals surface area contributed by atoms with Crippen molar-refractivity contribution in [3.63, 3.8) is 0 Å². The van der Waals surface area contributed by atoms with Crippen LogP contribution in [0.4, 0.5) is 0 Å². The van der Waals surface area contributed by atoms with E-state index in [1.165, 1.54) is 31.2 Å². The number of rotatable bonds is 4. The summed E-state index contributed by atoms with van der Waals surface area (Å²) in [6.07, 6.45) is 7.13. The summed E-state index contributed by atoms with van der Waals surface area (Å²) in [5, 5.41) is 9.36. The van der Waals surface area contributed by atoms with Crippen LogP contribution in [0.25, 0.3) is 0 Å². The van der Waals surface area contributed by atoms with E-state index in [1.807, 2.05) is 12.1 Å². The van der Waals surface area contributed by atoms with Crippen molar-refractivity contribution < 1.29 is 5.11 Å². The third-order valence-electron chi connectivity index (χ3n) is 4.99. The van der Waals surface area contributed by atoms with E-state index in [2.05, 4.69) is 16.8 Å². The zero-order chi connectivity index (χ0) is 14.9. The summed E-state index contributed by atoms with van der Waals surface area (Å²) < 4.78 is 0. The first-order valence-electron chi connectivity index (χ1n) is 7.96. The number of aliphatic imine (C=N–C) groups is 1. The second-order valence-electron chi connectivity index (χ2n) is 6.65. The molecule has 0 radical (unpaired) electrons. The van der Waals surface area contributed by atoms with Gasteiger partial charge in [-0.1, -0.05) is 25.0 Å². The monoisotopic (exact) mass is 287 g/mol. The number of nitrogens with two attached hydrogens (primary N) is 1. The van der Waals surface area contributed by atoms with Crippen LogP contribution < -0.4 is 5.73 Å². The number of hydrogen-bond donors (Lipinski definition) is 2. The predicted molar refractivity (Wildman–Crippen MR) is 85.4 cm³/mol. The number of aryl methyl sites for hydroxylation is 1. The molecule has 1 heterocycles. The van der Waals surface area contributed by atoms with Gasteiger partial charge in [-0.3, -0.25) is 4.99 Å². The fraction of sp³-hybridized carbons (Fsp3) is 0.588. The van der Waals surface area contributed by atoms with Crippen molar-refractivity contribution in [2.45, 2.75) is 57.0 Å². The highest BCUT2D eigenvalue weighted by Crippen LogP contribution is 2.35. The molecule has 3 N–H and O–H groups in total. The third kappa shape index (κ3) is 2.85. The Kier molecular flexibility index (Phi) is 3.79. The summed E-state index contributed by atoms with van der Waals surface area (Å²) in [4.78, 5) is 6.91. The summed E-state index contributed by atoms with van der Waals surface area (Å²) in [7, 11) is 0. The minimum absolute atomic E-state index is 0.0387. The second kappa shape index (κ2) is 5.58. The van der Waals surface area contributed by atoms with Gasteiger partial charge >= 0.3 is 0 Å². The SMILES string of the molecule is CC1(CCc2ccc(O)cc2)CN=C(N)N1C1CCCC1. The Bertz CT molecular complexity index is 519. The van der Waals surface area contributed by atoms with Crippen LogP contribution in [0.5, 0.6) is 5.75 Å². The van der Waals surface area contributed by atoms with Gasteiger partial charge in [-0.2, -0.15) is 0 Å². The number of hydrogen-bond acceptors (Lipinski definition) is 4. The highest BCUT2D eigenvalue weighted by atomic mass is 16.3. The number of aromatic hydroxyl groups is 1. The van der Waals surface area contributed by atoms with Crippen LogP contribution in [-0.2, 0) is 6.42 Å². The van der Waals surface area contributed by atoms with E-state index in [1.54, 1.807) is 12.1 Å². The third-order valence-corrected chi connectivity index (χ3v) is 4.99. The molecule has 1 saturated carbocycles. The first-order chi connectivity index (χ1) is 10.1. The molecule has 21 heavy (non-hydrogen) atoms. The van der Waals surface area contributed by atoms with Crippen LogP contribution in [0, 0.1) is 0 Å². The molecule has 1 atom stereocenters. The first-order valence-corrected chi connectivity index (χ1v) is 7.96. The van der Waals surface area contributed by atoms with E-state index in [0.29, 0.717) is 11.8 Å². The van der Waals surface area contributed by atoms with Crippen molar-refractivity contribution in [1.82, 2.24) is 4.90 Å². The van der Waals surface area contributed by atoms with E-state index in [0.717, 1.165) is 25.3 Å². The van der Waals surface area contributed by atoms with E-state index >= 15 is 0 Å². The molecule has 4 heteroatoms. The minimum Gasteiger partial charge on any atom is -0.508 e. The average Bonchev–Trinajstić information content (AvgIpc) is 3.07. The summed E-state index contributed by atoms with van der Waals surface area (Å²) >= 11 is 0. The lowest BCUT2D eigenvalue weighted by atomic mass is 9.90. The number of nitrogens with zero attached hydrogens (tertiary/aromatic N) is 2. The minimum atomic E-state index is 0.0387. The van der Waals surface area contributed by atoms with Crippen molar-refractivity contribution in [1.29, 1.82) is 0 Å². The zero-order valence-corrected chi connectivity index (χ0v) is 12.8. The molecule has 1 aromatic carbocycles. The van der Waals surface area contributed by atoms with E-state index < -0.39 is 0 Å². The Morgan fingerprint density at radius 2 is 1.95 bits per heavy atom. The van der Waals surface area contributed by atoms with E-state index in [4.69, 9.17) is 5.73 Å². The standard InChI is InChI=1S/C17H25N3O/c1-17(11-10-13-6-8-15(21)9-7-13)12-19-16(18)20(17)14-4-2-3-5-14/h6-9,14,21H,2-5,10-12H2,1H3,(H2,18,19). The normalized spacial score (nSPS) is 26.3. The molecule has 0 bridgehead atoms. The molecule has 0 saturated heterocycles. The maximum Gasteiger partial charge on any atom is 0.192 e. The largest absolute Gasteiger partial charge is 0.508 e. The molecule has 0 amide bonds. The van der Waals surface area contributed by atoms with E-state index in [9.17, 15) is 5.11 Å². The quantitative estimate of drug-likeness (QED) is 0.895. The topological polar surface area (TPSA) is 61.9 Å². The molecule has 1 fully saturated rings. The molecule has 1 aliphatic heterocycles. The van der Waals surface area contributed by atoms with E-state index in [-0.39, 0.29) is 5.54 Å². The highest BCUT2D eigenvalue weighted by molar-refractivity contribution is 5.81. The van der Waals surface area contributed by atoms with Crippen LogP contribution in [0.1, 0.15) is 44.6 Å². The van der Waals surface area contributed by atoms with Crippen molar-refractivity contribution in [3.8, 4) is 5.75 Å². The van der Waals surface area contributed by atoms with Crippen molar-refractivity contribution in [2.75, 3.05) is 6.54 Å². The number of guanidine groups is 1. The van der Waals surface area contributed by atoms with Gasteiger partial charge in [-0.05, 0) is 50.3 Å². The number of phenols is 1. The second-order valence-corrected chi connectivity index (χ2v) is 6.65. The molecular formula is C17H25N3O.